The summed E-state index contributed by atoms with van der Waals surface area (Å²) < 4.78 is 5.62. The van der Waals surface area contributed by atoms with Gasteiger partial charge < -0.3 is 21.1 Å². The third-order valence-electron chi connectivity index (χ3n) is 5.81. The maximum atomic E-state index is 6.01. The quantitative estimate of drug-likeness (QED) is 0.426. The van der Waals surface area contributed by atoms with E-state index in [0.29, 0.717) is 5.95 Å². The first-order valence-corrected chi connectivity index (χ1v) is 10.4. The molecule has 0 unspecified atom stereocenters. The number of hydrogen-bond acceptors (Lipinski definition) is 6. The summed E-state index contributed by atoms with van der Waals surface area (Å²) in [6.07, 6.45) is 2.84. The van der Waals surface area contributed by atoms with Crippen LogP contribution in [0.25, 0.3) is 22.0 Å². The predicted molar refractivity (Wildman–Crippen MR) is 126 cm³/mol. The monoisotopic (exact) mass is 411 g/mol. The van der Waals surface area contributed by atoms with Crippen LogP contribution in [0.1, 0.15) is 16.7 Å². The molecule has 31 heavy (non-hydrogen) atoms. The van der Waals surface area contributed by atoms with Gasteiger partial charge in [0.1, 0.15) is 5.75 Å². The fourth-order valence-corrected chi connectivity index (χ4v) is 4.10. The molecule has 0 atom stereocenters. The number of nitrogen functional groups attached to an aromatic ring is 1. The summed E-state index contributed by atoms with van der Waals surface area (Å²) in [6, 6.07) is 16.4. The third-order valence-corrected chi connectivity index (χ3v) is 5.81. The maximum absolute atomic E-state index is 6.01. The van der Waals surface area contributed by atoms with Crippen molar-refractivity contribution in [2.24, 2.45) is 0 Å². The molecular formula is C25H25N5O. The molecule has 1 aromatic heterocycles. The zero-order chi connectivity index (χ0) is 21.4. The zero-order valence-corrected chi connectivity index (χ0v) is 17.7. The minimum atomic E-state index is 0.538. The van der Waals surface area contributed by atoms with Crippen LogP contribution >= 0.6 is 0 Å². The molecule has 0 aliphatic carbocycles. The first-order chi connectivity index (χ1) is 15.1. The van der Waals surface area contributed by atoms with Crippen molar-refractivity contribution in [2.45, 2.75) is 19.9 Å². The molecule has 0 radical (unpaired) electrons. The molecule has 0 amide bonds. The van der Waals surface area contributed by atoms with Crippen molar-refractivity contribution in [3.05, 3.63) is 71.4 Å². The Hall–Kier alpha value is -3.64. The third kappa shape index (κ3) is 3.78. The van der Waals surface area contributed by atoms with Gasteiger partial charge in [0.2, 0.25) is 5.95 Å². The van der Waals surface area contributed by atoms with Crippen LogP contribution in [-0.2, 0) is 13.0 Å². The molecule has 4 N–H and O–H groups in total. The van der Waals surface area contributed by atoms with Crippen LogP contribution in [0.15, 0.2) is 54.7 Å². The van der Waals surface area contributed by atoms with Crippen LogP contribution in [0, 0.1) is 6.92 Å². The van der Waals surface area contributed by atoms with Crippen molar-refractivity contribution >= 4 is 28.2 Å². The maximum Gasteiger partial charge on any atom is 0.227 e. The number of anilines is 3. The van der Waals surface area contributed by atoms with E-state index < -0.39 is 0 Å². The SMILES string of the molecule is COc1cc2c(cc1Nc1ncc3ccc(-c4cc(N)ccc4C)cc3n1)CNCC2. The number of hydrogen-bond donors (Lipinski definition) is 3. The molecule has 1 aliphatic heterocycles. The summed E-state index contributed by atoms with van der Waals surface area (Å²) in [5.41, 5.74) is 14.5. The van der Waals surface area contributed by atoms with E-state index in [0.717, 1.165) is 58.7 Å². The number of benzene rings is 3. The molecule has 0 bridgehead atoms. The first kappa shape index (κ1) is 19.3. The number of fused-ring (bicyclic) bond motifs is 2. The highest BCUT2D eigenvalue weighted by Gasteiger charge is 2.15. The van der Waals surface area contributed by atoms with Gasteiger partial charge in [0.25, 0.3) is 0 Å². The van der Waals surface area contributed by atoms with Gasteiger partial charge in [0.05, 0.1) is 18.3 Å². The number of aromatic nitrogens is 2. The second kappa shape index (κ2) is 7.89. The standard InChI is InChI=1S/C25H25N5O/c1-15-3-6-20(26)12-21(15)17-4-5-18-14-28-25(29-22(18)9-17)30-23-10-19-13-27-8-7-16(19)11-24(23)31-2/h3-6,9-12,14,27H,7-8,13,26H2,1-2H3,(H,28,29,30). The number of rotatable bonds is 4. The van der Waals surface area contributed by atoms with E-state index in [1.807, 2.05) is 30.5 Å². The molecule has 2 heterocycles. The van der Waals surface area contributed by atoms with Gasteiger partial charge in [-0.25, -0.2) is 9.97 Å². The number of aryl methyl sites for hydroxylation is 1. The van der Waals surface area contributed by atoms with E-state index in [-0.39, 0.29) is 0 Å². The highest BCUT2D eigenvalue weighted by molar-refractivity contribution is 5.86. The van der Waals surface area contributed by atoms with Crippen molar-refractivity contribution in [2.75, 3.05) is 24.7 Å². The largest absolute Gasteiger partial charge is 0.495 e. The summed E-state index contributed by atoms with van der Waals surface area (Å²) in [7, 11) is 1.69. The predicted octanol–water partition coefficient (Wildman–Crippen LogP) is 4.59. The molecule has 6 nitrogen and oxygen atoms in total. The van der Waals surface area contributed by atoms with Crippen molar-refractivity contribution in [1.29, 1.82) is 0 Å². The fourth-order valence-electron chi connectivity index (χ4n) is 4.10. The summed E-state index contributed by atoms with van der Waals surface area (Å²) in [4.78, 5) is 9.28. The molecule has 0 fully saturated rings. The van der Waals surface area contributed by atoms with Crippen molar-refractivity contribution in [3.63, 3.8) is 0 Å². The number of nitrogens with one attached hydrogen (secondary N) is 2. The lowest BCUT2D eigenvalue weighted by Gasteiger charge is -2.20. The zero-order valence-electron chi connectivity index (χ0n) is 17.7. The van der Waals surface area contributed by atoms with Crippen LogP contribution in [0.5, 0.6) is 5.75 Å². The smallest absolute Gasteiger partial charge is 0.227 e. The Morgan fingerprint density at radius 2 is 1.97 bits per heavy atom. The number of nitrogens with two attached hydrogens (primary N) is 1. The Balaban J connectivity index is 1.52. The molecule has 3 aromatic carbocycles. The van der Waals surface area contributed by atoms with Gasteiger partial charge in [-0.2, -0.15) is 0 Å². The molecule has 6 heteroatoms. The Labute approximate surface area is 181 Å². The lowest BCUT2D eigenvalue weighted by Crippen LogP contribution is -2.23. The molecule has 156 valence electrons. The Morgan fingerprint density at radius 3 is 2.84 bits per heavy atom. The number of methoxy groups -OCH3 is 1. The molecule has 0 saturated carbocycles. The minimum Gasteiger partial charge on any atom is -0.495 e. The Morgan fingerprint density at radius 1 is 1.06 bits per heavy atom. The number of ether oxygens (including phenoxy) is 1. The lowest BCUT2D eigenvalue weighted by molar-refractivity contribution is 0.415. The number of nitrogens with zero attached hydrogens (tertiary/aromatic N) is 2. The van der Waals surface area contributed by atoms with Gasteiger partial charge >= 0.3 is 0 Å². The summed E-state index contributed by atoms with van der Waals surface area (Å²) in [5.74, 6) is 1.34. The summed E-state index contributed by atoms with van der Waals surface area (Å²) >= 11 is 0. The fraction of sp³-hybridized carbons (Fsp3) is 0.200. The normalized spacial score (nSPS) is 13.1. The van der Waals surface area contributed by atoms with E-state index in [9.17, 15) is 0 Å². The van der Waals surface area contributed by atoms with E-state index >= 15 is 0 Å². The Kier molecular flexibility index (Phi) is 4.92. The van der Waals surface area contributed by atoms with Crippen LogP contribution in [-0.4, -0.2) is 23.6 Å². The summed E-state index contributed by atoms with van der Waals surface area (Å²) in [6.45, 7) is 3.93. The molecule has 4 aromatic rings. The molecule has 0 saturated heterocycles. The topological polar surface area (TPSA) is 85.1 Å². The van der Waals surface area contributed by atoms with Gasteiger partial charge in [-0.1, -0.05) is 18.2 Å². The summed E-state index contributed by atoms with van der Waals surface area (Å²) in [5, 5.41) is 7.75. The van der Waals surface area contributed by atoms with Gasteiger partial charge in [-0.3, -0.25) is 0 Å². The molecule has 1 aliphatic rings. The molecular weight excluding hydrogens is 386 g/mol. The van der Waals surface area contributed by atoms with Crippen LogP contribution in [0.3, 0.4) is 0 Å². The van der Waals surface area contributed by atoms with Crippen molar-refractivity contribution in [1.82, 2.24) is 15.3 Å². The van der Waals surface area contributed by atoms with Gasteiger partial charge in [-0.15, -0.1) is 0 Å². The molecule has 0 spiro atoms. The van der Waals surface area contributed by atoms with E-state index in [1.54, 1.807) is 7.11 Å². The second-order valence-corrected chi connectivity index (χ2v) is 7.91. The van der Waals surface area contributed by atoms with Crippen LogP contribution in [0.2, 0.25) is 0 Å². The van der Waals surface area contributed by atoms with Crippen molar-refractivity contribution in [3.8, 4) is 16.9 Å². The average molecular weight is 412 g/mol. The highest BCUT2D eigenvalue weighted by atomic mass is 16.5. The van der Waals surface area contributed by atoms with Gasteiger partial charge in [0.15, 0.2) is 0 Å². The van der Waals surface area contributed by atoms with Crippen LogP contribution < -0.4 is 21.1 Å². The van der Waals surface area contributed by atoms with E-state index in [2.05, 4.69) is 46.8 Å². The van der Waals surface area contributed by atoms with E-state index in [1.165, 1.54) is 16.7 Å². The molecule has 5 rings (SSSR count). The average Bonchev–Trinajstić information content (AvgIpc) is 2.79. The second-order valence-electron chi connectivity index (χ2n) is 7.91. The van der Waals surface area contributed by atoms with E-state index in [4.69, 9.17) is 15.5 Å². The lowest BCUT2D eigenvalue weighted by atomic mass is 9.99. The Bertz CT molecular complexity index is 1280. The van der Waals surface area contributed by atoms with Gasteiger partial charge in [0, 0.05) is 23.8 Å². The van der Waals surface area contributed by atoms with Crippen molar-refractivity contribution < 1.29 is 4.74 Å². The highest BCUT2D eigenvalue weighted by Crippen LogP contribution is 2.33. The minimum absolute atomic E-state index is 0.538. The van der Waals surface area contributed by atoms with Gasteiger partial charge in [-0.05, 0) is 78.0 Å². The van der Waals surface area contributed by atoms with Crippen LogP contribution in [0.4, 0.5) is 17.3 Å². The first-order valence-electron chi connectivity index (χ1n) is 10.4.